The molecule has 1 aliphatic heterocycles. The predicted octanol–water partition coefficient (Wildman–Crippen LogP) is 3.52. The van der Waals surface area contributed by atoms with Gasteiger partial charge in [-0.2, -0.15) is 0 Å². The highest BCUT2D eigenvalue weighted by Crippen LogP contribution is 2.19. The van der Waals surface area contributed by atoms with Crippen LogP contribution in [0.1, 0.15) is 42.9 Å². The molecular weight excluding hydrogens is 244 g/mol. The number of nitrogens with one attached hydrogen (secondary N) is 1. The van der Waals surface area contributed by atoms with Crippen molar-refractivity contribution in [3.63, 3.8) is 0 Å². The molecule has 20 heavy (non-hydrogen) atoms. The molecule has 1 aliphatic rings. The molecule has 1 N–H and O–H groups in total. The van der Waals surface area contributed by atoms with Gasteiger partial charge in [0.2, 0.25) is 0 Å². The zero-order chi connectivity index (χ0) is 14.4. The van der Waals surface area contributed by atoms with E-state index in [1.165, 1.54) is 55.6 Å². The Morgan fingerprint density at radius 1 is 1.25 bits per heavy atom. The number of likely N-dealkylation sites (tertiary alicyclic amines) is 1. The predicted molar refractivity (Wildman–Crippen MR) is 87.1 cm³/mol. The Morgan fingerprint density at radius 3 is 2.85 bits per heavy atom. The summed E-state index contributed by atoms with van der Waals surface area (Å²) in [4.78, 5) is 2.63. The third-order valence-corrected chi connectivity index (χ3v) is 4.44. The van der Waals surface area contributed by atoms with Gasteiger partial charge in [0.15, 0.2) is 0 Å². The third kappa shape index (κ3) is 4.60. The summed E-state index contributed by atoms with van der Waals surface area (Å²) in [6.07, 6.45) is 3.97. The molecule has 0 saturated carbocycles. The molecule has 0 bridgehead atoms. The number of rotatable bonds is 6. The highest BCUT2D eigenvalue weighted by molar-refractivity contribution is 5.29. The van der Waals surface area contributed by atoms with Crippen molar-refractivity contribution in [1.29, 1.82) is 0 Å². The Kier molecular flexibility index (Phi) is 6.06. The molecule has 1 fully saturated rings. The van der Waals surface area contributed by atoms with E-state index in [1.54, 1.807) is 0 Å². The molecule has 0 spiro atoms. The lowest BCUT2D eigenvalue weighted by atomic mass is 9.97. The maximum atomic E-state index is 3.58. The van der Waals surface area contributed by atoms with Crippen LogP contribution in [0.15, 0.2) is 18.2 Å². The number of hydrogen-bond acceptors (Lipinski definition) is 2. The lowest BCUT2D eigenvalue weighted by Gasteiger charge is -2.33. The highest BCUT2D eigenvalue weighted by atomic mass is 15.1. The van der Waals surface area contributed by atoms with Crippen molar-refractivity contribution < 1.29 is 0 Å². The Bertz CT molecular complexity index is 414. The van der Waals surface area contributed by atoms with E-state index in [4.69, 9.17) is 0 Å². The summed E-state index contributed by atoms with van der Waals surface area (Å²) in [6.45, 7) is 12.6. The average Bonchev–Trinajstić information content (AvgIpc) is 2.44. The highest BCUT2D eigenvalue weighted by Gasteiger charge is 2.19. The van der Waals surface area contributed by atoms with Gasteiger partial charge in [0.05, 0.1) is 0 Å². The summed E-state index contributed by atoms with van der Waals surface area (Å²) in [7, 11) is 0. The topological polar surface area (TPSA) is 15.3 Å². The molecule has 1 saturated heterocycles. The largest absolute Gasteiger partial charge is 0.316 e. The Morgan fingerprint density at radius 2 is 2.10 bits per heavy atom. The SMILES string of the molecule is CCCNCC1CCCN(Cc2ccc(C)c(C)c2)C1. The van der Waals surface area contributed by atoms with Crippen LogP contribution in [0.5, 0.6) is 0 Å². The van der Waals surface area contributed by atoms with Crippen LogP contribution >= 0.6 is 0 Å². The molecule has 2 rings (SSSR count). The van der Waals surface area contributed by atoms with E-state index in [1.807, 2.05) is 0 Å². The van der Waals surface area contributed by atoms with Crippen LogP contribution in [0, 0.1) is 19.8 Å². The van der Waals surface area contributed by atoms with Crippen LogP contribution < -0.4 is 5.32 Å². The molecule has 1 aromatic carbocycles. The van der Waals surface area contributed by atoms with Crippen molar-refractivity contribution >= 4 is 0 Å². The van der Waals surface area contributed by atoms with Crippen LogP contribution in [0.2, 0.25) is 0 Å². The summed E-state index contributed by atoms with van der Waals surface area (Å²) in [6, 6.07) is 6.91. The second-order valence-corrected chi connectivity index (χ2v) is 6.37. The molecular formula is C18H30N2. The van der Waals surface area contributed by atoms with Gasteiger partial charge in [-0.25, -0.2) is 0 Å². The molecule has 1 atom stereocenters. The van der Waals surface area contributed by atoms with Crippen molar-refractivity contribution in [3.05, 3.63) is 34.9 Å². The molecule has 0 aliphatic carbocycles. The molecule has 112 valence electrons. The number of benzene rings is 1. The Hall–Kier alpha value is -0.860. The molecule has 1 aromatic rings. The third-order valence-electron chi connectivity index (χ3n) is 4.44. The number of hydrogen-bond donors (Lipinski definition) is 1. The smallest absolute Gasteiger partial charge is 0.0233 e. The van der Waals surface area contributed by atoms with Crippen molar-refractivity contribution in [2.45, 2.75) is 46.6 Å². The minimum atomic E-state index is 0.835. The van der Waals surface area contributed by atoms with Gasteiger partial charge < -0.3 is 5.32 Å². The fraction of sp³-hybridized carbons (Fsp3) is 0.667. The minimum Gasteiger partial charge on any atom is -0.316 e. The maximum absolute atomic E-state index is 3.58. The van der Waals surface area contributed by atoms with E-state index in [2.05, 4.69) is 49.2 Å². The fourth-order valence-corrected chi connectivity index (χ4v) is 3.10. The van der Waals surface area contributed by atoms with Crippen LogP contribution in [0.4, 0.5) is 0 Å². The zero-order valence-corrected chi connectivity index (χ0v) is 13.4. The van der Waals surface area contributed by atoms with Crippen LogP contribution in [0.3, 0.4) is 0 Å². The first kappa shape index (κ1) is 15.5. The van der Waals surface area contributed by atoms with Gasteiger partial charge in [0.25, 0.3) is 0 Å². The van der Waals surface area contributed by atoms with Gasteiger partial charge >= 0.3 is 0 Å². The summed E-state index contributed by atoms with van der Waals surface area (Å²) < 4.78 is 0. The first-order valence-electron chi connectivity index (χ1n) is 8.18. The van der Waals surface area contributed by atoms with Gasteiger partial charge in [-0.3, -0.25) is 4.90 Å². The Balaban J connectivity index is 1.84. The lowest BCUT2D eigenvalue weighted by molar-refractivity contribution is 0.165. The maximum Gasteiger partial charge on any atom is 0.0233 e. The molecule has 0 aromatic heterocycles. The van der Waals surface area contributed by atoms with Crippen molar-refractivity contribution in [3.8, 4) is 0 Å². The standard InChI is InChI=1S/C18H30N2/c1-4-9-19-12-18-6-5-10-20(14-18)13-17-8-7-15(2)16(3)11-17/h7-8,11,18-19H,4-6,9-10,12-14H2,1-3H3. The van der Waals surface area contributed by atoms with E-state index in [0.717, 1.165) is 19.0 Å². The van der Waals surface area contributed by atoms with Gasteiger partial charge in [0.1, 0.15) is 0 Å². The van der Waals surface area contributed by atoms with Crippen molar-refractivity contribution in [2.75, 3.05) is 26.2 Å². The van der Waals surface area contributed by atoms with E-state index >= 15 is 0 Å². The summed E-state index contributed by atoms with van der Waals surface area (Å²) >= 11 is 0. The van der Waals surface area contributed by atoms with Crippen molar-refractivity contribution in [1.82, 2.24) is 10.2 Å². The van der Waals surface area contributed by atoms with Crippen molar-refractivity contribution in [2.24, 2.45) is 5.92 Å². The van der Waals surface area contributed by atoms with E-state index in [-0.39, 0.29) is 0 Å². The second-order valence-electron chi connectivity index (χ2n) is 6.37. The summed E-state index contributed by atoms with van der Waals surface area (Å²) in [5.74, 6) is 0.835. The normalized spacial score (nSPS) is 20.2. The van der Waals surface area contributed by atoms with E-state index in [9.17, 15) is 0 Å². The molecule has 2 nitrogen and oxygen atoms in total. The summed E-state index contributed by atoms with van der Waals surface area (Å²) in [5, 5.41) is 3.58. The van der Waals surface area contributed by atoms with Gasteiger partial charge in [-0.05, 0) is 75.4 Å². The fourth-order valence-electron chi connectivity index (χ4n) is 3.10. The Labute approximate surface area is 124 Å². The van der Waals surface area contributed by atoms with Crippen LogP contribution in [-0.2, 0) is 6.54 Å². The first-order chi connectivity index (χ1) is 9.69. The lowest BCUT2D eigenvalue weighted by Crippen LogP contribution is -2.39. The number of nitrogens with zero attached hydrogens (tertiary/aromatic N) is 1. The minimum absolute atomic E-state index is 0.835. The quantitative estimate of drug-likeness (QED) is 0.799. The van der Waals surface area contributed by atoms with Gasteiger partial charge in [0, 0.05) is 13.1 Å². The van der Waals surface area contributed by atoms with Crippen LogP contribution in [0.25, 0.3) is 0 Å². The van der Waals surface area contributed by atoms with Gasteiger partial charge in [-0.1, -0.05) is 25.1 Å². The summed E-state index contributed by atoms with van der Waals surface area (Å²) in [5.41, 5.74) is 4.28. The monoisotopic (exact) mass is 274 g/mol. The van der Waals surface area contributed by atoms with Crippen LogP contribution in [-0.4, -0.2) is 31.1 Å². The van der Waals surface area contributed by atoms with E-state index < -0.39 is 0 Å². The average molecular weight is 274 g/mol. The first-order valence-corrected chi connectivity index (χ1v) is 8.18. The molecule has 1 heterocycles. The molecule has 0 radical (unpaired) electrons. The zero-order valence-electron chi connectivity index (χ0n) is 13.4. The number of aryl methyl sites for hydroxylation is 2. The van der Waals surface area contributed by atoms with Gasteiger partial charge in [-0.15, -0.1) is 0 Å². The number of piperidine rings is 1. The molecule has 1 unspecified atom stereocenters. The molecule has 0 amide bonds. The molecule has 2 heteroatoms. The second kappa shape index (κ2) is 7.80. The van der Waals surface area contributed by atoms with E-state index in [0.29, 0.717) is 0 Å².